The van der Waals surface area contributed by atoms with Crippen molar-refractivity contribution in [3.63, 3.8) is 0 Å². The molecule has 1 rings (SSSR count). The van der Waals surface area contributed by atoms with E-state index in [1.165, 1.54) is 0 Å². The van der Waals surface area contributed by atoms with Crippen molar-refractivity contribution in [1.29, 1.82) is 0 Å². The zero-order valence-corrected chi connectivity index (χ0v) is 8.98. The van der Waals surface area contributed by atoms with Gasteiger partial charge in [-0.2, -0.15) is 0 Å². The summed E-state index contributed by atoms with van der Waals surface area (Å²) in [5, 5.41) is 2.79. The standard InChI is InChI=1S/C9H13NO.C2H6/c1-3-5-7-6-9(11)10-8(7)4-2;1-2/h4-5H,3,6H2,1-2H3,(H,10,11);1-2H3/b7-5-,8-4+;. The number of hydrogen-bond donors (Lipinski definition) is 1. The molecule has 1 amide bonds. The molecule has 13 heavy (non-hydrogen) atoms. The average Bonchev–Trinajstić information content (AvgIpc) is 2.50. The Hall–Kier alpha value is -1.05. The van der Waals surface area contributed by atoms with E-state index < -0.39 is 0 Å². The third-order valence-corrected chi connectivity index (χ3v) is 1.71. The fourth-order valence-electron chi connectivity index (χ4n) is 1.23. The first kappa shape index (κ1) is 11.9. The van der Waals surface area contributed by atoms with Crippen molar-refractivity contribution in [2.75, 3.05) is 0 Å². The van der Waals surface area contributed by atoms with Crippen molar-refractivity contribution in [3.05, 3.63) is 23.4 Å². The molecule has 0 aromatic rings. The summed E-state index contributed by atoms with van der Waals surface area (Å²) in [6.07, 6.45) is 5.56. The van der Waals surface area contributed by atoms with E-state index >= 15 is 0 Å². The Bertz CT molecular complexity index is 226. The highest BCUT2D eigenvalue weighted by molar-refractivity contribution is 5.86. The van der Waals surface area contributed by atoms with Crippen molar-refractivity contribution in [1.82, 2.24) is 5.32 Å². The van der Waals surface area contributed by atoms with Crippen LogP contribution in [-0.2, 0) is 4.79 Å². The molecule has 74 valence electrons. The van der Waals surface area contributed by atoms with E-state index in [4.69, 9.17) is 0 Å². The second-order valence-electron chi connectivity index (χ2n) is 2.56. The smallest absolute Gasteiger partial charge is 0.228 e. The minimum Gasteiger partial charge on any atom is -0.326 e. The van der Waals surface area contributed by atoms with E-state index in [0.717, 1.165) is 17.7 Å². The van der Waals surface area contributed by atoms with Gasteiger partial charge in [0, 0.05) is 5.70 Å². The van der Waals surface area contributed by atoms with Crippen LogP contribution in [0.15, 0.2) is 23.4 Å². The molecular formula is C11H19NO. The van der Waals surface area contributed by atoms with Crippen molar-refractivity contribution < 1.29 is 4.79 Å². The van der Waals surface area contributed by atoms with Gasteiger partial charge >= 0.3 is 0 Å². The molecule has 0 spiro atoms. The predicted octanol–water partition coefficient (Wildman–Crippen LogP) is 2.77. The molecule has 0 bridgehead atoms. The number of rotatable bonds is 1. The molecule has 1 saturated heterocycles. The van der Waals surface area contributed by atoms with Crippen molar-refractivity contribution in [2.24, 2.45) is 0 Å². The predicted molar refractivity (Wildman–Crippen MR) is 56.2 cm³/mol. The molecular weight excluding hydrogens is 162 g/mol. The van der Waals surface area contributed by atoms with E-state index in [9.17, 15) is 4.79 Å². The number of allylic oxidation sites excluding steroid dienone is 3. The Morgan fingerprint density at radius 1 is 1.46 bits per heavy atom. The summed E-state index contributed by atoms with van der Waals surface area (Å²) >= 11 is 0. The first-order chi connectivity index (χ1) is 6.27. The molecule has 0 aromatic carbocycles. The van der Waals surface area contributed by atoms with Gasteiger partial charge in [0.15, 0.2) is 0 Å². The maximum Gasteiger partial charge on any atom is 0.228 e. The molecule has 2 heteroatoms. The zero-order valence-electron chi connectivity index (χ0n) is 8.98. The Morgan fingerprint density at radius 3 is 2.54 bits per heavy atom. The average molecular weight is 181 g/mol. The molecule has 0 aromatic heterocycles. The second kappa shape index (κ2) is 6.46. The number of carbonyl (C=O) groups excluding carboxylic acids is 1. The van der Waals surface area contributed by atoms with Gasteiger partial charge in [0.2, 0.25) is 5.91 Å². The molecule has 0 saturated carbocycles. The summed E-state index contributed by atoms with van der Waals surface area (Å²) in [5.41, 5.74) is 2.12. The van der Waals surface area contributed by atoms with Crippen LogP contribution in [0.4, 0.5) is 0 Å². The summed E-state index contributed by atoms with van der Waals surface area (Å²) in [6, 6.07) is 0. The van der Waals surface area contributed by atoms with Crippen LogP contribution in [0.5, 0.6) is 0 Å². The lowest BCUT2D eigenvalue weighted by Gasteiger charge is -1.96. The molecule has 1 aliphatic rings. The number of nitrogens with one attached hydrogen (secondary N) is 1. The van der Waals surface area contributed by atoms with E-state index in [0.29, 0.717) is 6.42 Å². The monoisotopic (exact) mass is 181 g/mol. The van der Waals surface area contributed by atoms with E-state index in [-0.39, 0.29) is 5.91 Å². The lowest BCUT2D eigenvalue weighted by atomic mass is 10.1. The molecule has 1 N–H and O–H groups in total. The Morgan fingerprint density at radius 2 is 2.08 bits per heavy atom. The van der Waals surface area contributed by atoms with Gasteiger partial charge in [0.25, 0.3) is 0 Å². The first-order valence-electron chi connectivity index (χ1n) is 4.93. The van der Waals surface area contributed by atoms with Crippen LogP contribution in [0.2, 0.25) is 0 Å². The molecule has 1 fully saturated rings. The summed E-state index contributed by atoms with van der Waals surface area (Å²) in [7, 11) is 0. The van der Waals surface area contributed by atoms with Crippen molar-refractivity contribution >= 4 is 5.91 Å². The maximum atomic E-state index is 10.9. The highest BCUT2D eigenvalue weighted by Crippen LogP contribution is 2.18. The Balaban J connectivity index is 0.000000671. The van der Waals surface area contributed by atoms with Crippen LogP contribution in [0.25, 0.3) is 0 Å². The zero-order chi connectivity index (χ0) is 10.3. The van der Waals surface area contributed by atoms with Crippen LogP contribution < -0.4 is 5.32 Å². The third-order valence-electron chi connectivity index (χ3n) is 1.71. The summed E-state index contributed by atoms with van der Waals surface area (Å²) in [4.78, 5) is 10.9. The summed E-state index contributed by atoms with van der Waals surface area (Å²) in [6.45, 7) is 8.01. The second-order valence-corrected chi connectivity index (χ2v) is 2.56. The van der Waals surface area contributed by atoms with Gasteiger partial charge in [-0.25, -0.2) is 0 Å². The SMILES string of the molecule is C/C=C1/NC(=O)C/C1=C/CC.CC. The minimum atomic E-state index is 0.109. The van der Waals surface area contributed by atoms with Crippen molar-refractivity contribution in [2.45, 2.75) is 40.5 Å². The summed E-state index contributed by atoms with van der Waals surface area (Å²) in [5.74, 6) is 0.109. The Kier molecular flexibility index (Phi) is 5.94. The van der Waals surface area contributed by atoms with Crippen LogP contribution in [0.3, 0.4) is 0 Å². The third kappa shape index (κ3) is 3.45. The maximum absolute atomic E-state index is 10.9. The van der Waals surface area contributed by atoms with E-state index in [2.05, 4.69) is 18.3 Å². The molecule has 1 aliphatic heterocycles. The number of hydrogen-bond acceptors (Lipinski definition) is 1. The highest BCUT2D eigenvalue weighted by Gasteiger charge is 2.18. The van der Waals surface area contributed by atoms with Crippen LogP contribution in [-0.4, -0.2) is 5.91 Å². The minimum absolute atomic E-state index is 0.109. The normalized spacial score (nSPS) is 21.4. The summed E-state index contributed by atoms with van der Waals surface area (Å²) < 4.78 is 0. The van der Waals surface area contributed by atoms with Crippen molar-refractivity contribution in [3.8, 4) is 0 Å². The van der Waals surface area contributed by atoms with Gasteiger partial charge in [-0.1, -0.05) is 32.9 Å². The molecule has 1 heterocycles. The van der Waals surface area contributed by atoms with Gasteiger partial charge < -0.3 is 5.32 Å². The topological polar surface area (TPSA) is 29.1 Å². The lowest BCUT2D eigenvalue weighted by molar-refractivity contribution is -0.118. The van der Waals surface area contributed by atoms with Gasteiger partial charge in [-0.05, 0) is 18.9 Å². The molecule has 0 atom stereocenters. The molecule has 0 aliphatic carbocycles. The number of amides is 1. The van der Waals surface area contributed by atoms with Crippen LogP contribution in [0, 0.1) is 0 Å². The van der Waals surface area contributed by atoms with Crippen LogP contribution >= 0.6 is 0 Å². The fourth-order valence-corrected chi connectivity index (χ4v) is 1.23. The lowest BCUT2D eigenvalue weighted by Crippen LogP contribution is -2.11. The van der Waals surface area contributed by atoms with Crippen LogP contribution in [0.1, 0.15) is 40.5 Å². The van der Waals surface area contributed by atoms with Gasteiger partial charge in [-0.15, -0.1) is 0 Å². The van der Waals surface area contributed by atoms with E-state index in [1.807, 2.05) is 26.8 Å². The van der Waals surface area contributed by atoms with Gasteiger partial charge in [0.05, 0.1) is 6.42 Å². The molecule has 0 unspecified atom stereocenters. The first-order valence-corrected chi connectivity index (χ1v) is 4.93. The Labute approximate surface area is 80.7 Å². The van der Waals surface area contributed by atoms with Gasteiger partial charge in [0.1, 0.15) is 0 Å². The number of carbonyl (C=O) groups is 1. The molecule has 2 nitrogen and oxygen atoms in total. The fraction of sp³-hybridized carbons (Fsp3) is 0.545. The quantitative estimate of drug-likeness (QED) is 0.662. The highest BCUT2D eigenvalue weighted by atomic mass is 16.1. The van der Waals surface area contributed by atoms with Gasteiger partial charge in [-0.3, -0.25) is 4.79 Å². The van der Waals surface area contributed by atoms with E-state index in [1.54, 1.807) is 0 Å². The molecule has 0 radical (unpaired) electrons. The largest absolute Gasteiger partial charge is 0.326 e.